The van der Waals surface area contributed by atoms with Crippen LogP contribution in [-0.2, 0) is 6.42 Å². The van der Waals surface area contributed by atoms with Crippen LogP contribution in [0.3, 0.4) is 0 Å². The van der Waals surface area contributed by atoms with Gasteiger partial charge in [0.25, 0.3) is 0 Å². The topological polar surface area (TPSA) is 43.8 Å². The van der Waals surface area contributed by atoms with Gasteiger partial charge in [-0.25, -0.2) is 9.37 Å². The smallest absolute Gasteiger partial charge is 0.132 e. The SMILES string of the molecule is CCc1nc(-c2ccccc2F)c(N)n1C(C)C. The summed E-state index contributed by atoms with van der Waals surface area (Å²) in [6.45, 7) is 6.11. The molecule has 18 heavy (non-hydrogen) atoms. The minimum atomic E-state index is -0.291. The second-order valence-electron chi connectivity index (χ2n) is 4.56. The molecule has 96 valence electrons. The van der Waals surface area contributed by atoms with Gasteiger partial charge in [0.1, 0.15) is 23.2 Å². The minimum Gasteiger partial charge on any atom is -0.383 e. The van der Waals surface area contributed by atoms with E-state index in [-0.39, 0.29) is 11.9 Å². The van der Waals surface area contributed by atoms with E-state index in [9.17, 15) is 4.39 Å². The number of imidazole rings is 1. The Hall–Kier alpha value is -1.84. The Balaban J connectivity index is 2.63. The molecule has 0 aliphatic heterocycles. The zero-order valence-corrected chi connectivity index (χ0v) is 10.9. The summed E-state index contributed by atoms with van der Waals surface area (Å²) in [6, 6.07) is 6.80. The van der Waals surface area contributed by atoms with E-state index in [0.29, 0.717) is 17.1 Å². The van der Waals surface area contributed by atoms with Crippen LogP contribution in [0.15, 0.2) is 24.3 Å². The third kappa shape index (κ3) is 1.98. The Bertz CT molecular complexity index is 558. The van der Waals surface area contributed by atoms with Gasteiger partial charge >= 0.3 is 0 Å². The van der Waals surface area contributed by atoms with Gasteiger partial charge in [0.2, 0.25) is 0 Å². The maximum absolute atomic E-state index is 13.8. The molecule has 0 atom stereocenters. The van der Waals surface area contributed by atoms with Crippen molar-refractivity contribution in [3.63, 3.8) is 0 Å². The predicted octanol–water partition coefficient (Wildman–Crippen LogP) is 3.41. The fraction of sp³-hybridized carbons (Fsp3) is 0.357. The maximum atomic E-state index is 13.8. The standard InChI is InChI=1S/C14H18FN3/c1-4-12-17-13(14(16)18(12)9(2)3)10-7-5-6-8-11(10)15/h5-9H,4,16H2,1-3H3. The molecular weight excluding hydrogens is 229 g/mol. The van der Waals surface area contributed by atoms with Crippen molar-refractivity contribution in [3.8, 4) is 11.3 Å². The zero-order valence-electron chi connectivity index (χ0n) is 10.9. The van der Waals surface area contributed by atoms with Gasteiger partial charge in [-0.1, -0.05) is 19.1 Å². The van der Waals surface area contributed by atoms with Gasteiger partial charge in [-0.15, -0.1) is 0 Å². The average molecular weight is 247 g/mol. The quantitative estimate of drug-likeness (QED) is 0.903. The van der Waals surface area contributed by atoms with E-state index < -0.39 is 0 Å². The van der Waals surface area contributed by atoms with E-state index in [2.05, 4.69) is 4.98 Å². The van der Waals surface area contributed by atoms with E-state index in [1.54, 1.807) is 18.2 Å². The maximum Gasteiger partial charge on any atom is 0.132 e. The van der Waals surface area contributed by atoms with Crippen molar-refractivity contribution in [3.05, 3.63) is 35.9 Å². The number of benzene rings is 1. The van der Waals surface area contributed by atoms with E-state index in [1.807, 2.05) is 25.3 Å². The number of nitrogens with two attached hydrogens (primary N) is 1. The first kappa shape index (κ1) is 12.6. The number of nitrogen functional groups attached to an aromatic ring is 1. The highest BCUT2D eigenvalue weighted by molar-refractivity contribution is 5.71. The van der Waals surface area contributed by atoms with Crippen LogP contribution in [0.1, 0.15) is 32.6 Å². The van der Waals surface area contributed by atoms with Crippen LogP contribution < -0.4 is 5.73 Å². The first-order valence-corrected chi connectivity index (χ1v) is 6.17. The van der Waals surface area contributed by atoms with E-state index >= 15 is 0 Å². The van der Waals surface area contributed by atoms with Gasteiger partial charge in [-0.05, 0) is 26.0 Å². The second kappa shape index (κ2) is 4.80. The monoisotopic (exact) mass is 247 g/mol. The summed E-state index contributed by atoms with van der Waals surface area (Å²) in [5.41, 5.74) is 7.12. The number of nitrogens with zero attached hydrogens (tertiary/aromatic N) is 2. The minimum absolute atomic E-state index is 0.216. The Labute approximate surface area is 106 Å². The lowest BCUT2D eigenvalue weighted by atomic mass is 10.1. The summed E-state index contributed by atoms with van der Waals surface area (Å²) < 4.78 is 15.8. The van der Waals surface area contributed by atoms with Crippen LogP contribution in [0.2, 0.25) is 0 Å². The molecule has 0 aliphatic carbocycles. The summed E-state index contributed by atoms with van der Waals surface area (Å²) in [5, 5.41) is 0. The van der Waals surface area contributed by atoms with Crippen molar-refractivity contribution in [1.29, 1.82) is 0 Å². The lowest BCUT2D eigenvalue weighted by Gasteiger charge is -2.12. The van der Waals surface area contributed by atoms with E-state index in [1.165, 1.54) is 6.07 Å². The third-order valence-corrected chi connectivity index (χ3v) is 2.98. The predicted molar refractivity (Wildman–Crippen MR) is 71.8 cm³/mol. The molecule has 0 aliphatic rings. The molecule has 1 aromatic heterocycles. The average Bonchev–Trinajstić information content (AvgIpc) is 2.67. The van der Waals surface area contributed by atoms with Gasteiger partial charge in [-0.2, -0.15) is 0 Å². The number of anilines is 1. The molecule has 0 saturated heterocycles. The van der Waals surface area contributed by atoms with Gasteiger partial charge < -0.3 is 10.3 Å². The van der Waals surface area contributed by atoms with Crippen molar-refractivity contribution in [2.75, 3.05) is 5.73 Å². The van der Waals surface area contributed by atoms with Gasteiger partial charge in [-0.3, -0.25) is 0 Å². The van der Waals surface area contributed by atoms with Crippen molar-refractivity contribution >= 4 is 5.82 Å². The van der Waals surface area contributed by atoms with Gasteiger partial charge in [0.15, 0.2) is 0 Å². The molecule has 2 aromatic rings. The molecule has 0 fully saturated rings. The molecule has 0 saturated carbocycles. The van der Waals surface area contributed by atoms with E-state index in [0.717, 1.165) is 12.2 Å². The fourth-order valence-corrected chi connectivity index (χ4v) is 2.17. The lowest BCUT2D eigenvalue weighted by Crippen LogP contribution is -2.09. The molecule has 2 rings (SSSR count). The normalized spacial score (nSPS) is 11.2. The summed E-state index contributed by atoms with van der Waals surface area (Å²) in [4.78, 5) is 4.48. The van der Waals surface area contributed by atoms with Crippen molar-refractivity contribution < 1.29 is 4.39 Å². The van der Waals surface area contributed by atoms with Crippen LogP contribution >= 0.6 is 0 Å². The summed E-state index contributed by atoms with van der Waals surface area (Å²) in [5.74, 6) is 1.13. The zero-order chi connectivity index (χ0) is 13.3. The molecule has 0 amide bonds. The number of hydrogen-bond acceptors (Lipinski definition) is 2. The van der Waals surface area contributed by atoms with Crippen LogP contribution in [0.5, 0.6) is 0 Å². The van der Waals surface area contributed by atoms with Crippen LogP contribution in [0.4, 0.5) is 10.2 Å². The Morgan fingerprint density at radius 2 is 2.00 bits per heavy atom. The van der Waals surface area contributed by atoms with Crippen LogP contribution in [-0.4, -0.2) is 9.55 Å². The number of aromatic nitrogens is 2. The van der Waals surface area contributed by atoms with Gasteiger partial charge in [0, 0.05) is 18.0 Å². The molecule has 1 heterocycles. The molecule has 0 spiro atoms. The molecule has 0 bridgehead atoms. The van der Waals surface area contributed by atoms with Gasteiger partial charge in [0.05, 0.1) is 0 Å². The summed E-state index contributed by atoms with van der Waals surface area (Å²) in [6.07, 6.45) is 0.775. The molecule has 0 unspecified atom stereocenters. The Morgan fingerprint density at radius 3 is 2.50 bits per heavy atom. The largest absolute Gasteiger partial charge is 0.383 e. The molecule has 3 nitrogen and oxygen atoms in total. The summed E-state index contributed by atoms with van der Waals surface area (Å²) >= 11 is 0. The first-order valence-electron chi connectivity index (χ1n) is 6.17. The number of hydrogen-bond donors (Lipinski definition) is 1. The number of aryl methyl sites for hydroxylation is 1. The van der Waals surface area contributed by atoms with Crippen LogP contribution in [0.25, 0.3) is 11.3 Å². The van der Waals surface area contributed by atoms with Crippen molar-refractivity contribution in [2.24, 2.45) is 0 Å². The molecular formula is C14H18FN3. The van der Waals surface area contributed by atoms with Crippen molar-refractivity contribution in [2.45, 2.75) is 33.2 Å². The Morgan fingerprint density at radius 1 is 1.33 bits per heavy atom. The highest BCUT2D eigenvalue weighted by Crippen LogP contribution is 2.30. The number of halogens is 1. The summed E-state index contributed by atoms with van der Waals surface area (Å²) in [7, 11) is 0. The highest BCUT2D eigenvalue weighted by Gasteiger charge is 2.18. The lowest BCUT2D eigenvalue weighted by molar-refractivity contribution is 0.579. The van der Waals surface area contributed by atoms with Crippen LogP contribution in [0, 0.1) is 5.82 Å². The molecule has 0 radical (unpaired) electrons. The molecule has 4 heteroatoms. The Kier molecular flexibility index (Phi) is 3.36. The molecule has 2 N–H and O–H groups in total. The molecule has 1 aromatic carbocycles. The highest BCUT2D eigenvalue weighted by atomic mass is 19.1. The number of rotatable bonds is 3. The first-order chi connectivity index (χ1) is 8.56. The van der Waals surface area contributed by atoms with Crippen molar-refractivity contribution in [1.82, 2.24) is 9.55 Å². The third-order valence-electron chi connectivity index (χ3n) is 2.98. The second-order valence-corrected chi connectivity index (χ2v) is 4.56. The fourth-order valence-electron chi connectivity index (χ4n) is 2.17. The van der Waals surface area contributed by atoms with E-state index in [4.69, 9.17) is 5.73 Å².